The molecule has 0 atom stereocenters. The lowest BCUT2D eigenvalue weighted by molar-refractivity contribution is 0.102. The van der Waals surface area contributed by atoms with Crippen molar-refractivity contribution < 1.29 is 13.6 Å². The van der Waals surface area contributed by atoms with Crippen LogP contribution in [0.4, 0.5) is 10.1 Å². The number of nitrogens with one attached hydrogen (secondary N) is 1. The van der Waals surface area contributed by atoms with Crippen LogP contribution in [-0.4, -0.2) is 10.9 Å². The number of amides is 1. The third-order valence-corrected chi connectivity index (χ3v) is 3.69. The molecule has 116 valence electrons. The number of aromatic nitrogens is 1. The summed E-state index contributed by atoms with van der Waals surface area (Å²) in [6, 6.07) is 9.15. The Morgan fingerprint density at radius 1 is 1.17 bits per heavy atom. The van der Waals surface area contributed by atoms with Gasteiger partial charge in [0.25, 0.3) is 5.91 Å². The molecule has 0 aliphatic rings. The predicted molar refractivity (Wildman–Crippen MR) is 86.3 cm³/mol. The molecule has 0 bridgehead atoms. The van der Waals surface area contributed by atoms with Gasteiger partial charge in [0.1, 0.15) is 5.82 Å². The van der Waals surface area contributed by atoms with Crippen LogP contribution in [0.5, 0.6) is 0 Å². The fourth-order valence-electron chi connectivity index (χ4n) is 2.00. The van der Waals surface area contributed by atoms with Gasteiger partial charge in [-0.1, -0.05) is 35.3 Å². The molecule has 0 aliphatic carbocycles. The Balaban J connectivity index is 1.86. The first-order valence-corrected chi connectivity index (χ1v) is 7.25. The Bertz CT molecular complexity index is 867. The number of anilines is 1. The molecular formula is C16H9Cl2FN2O2. The summed E-state index contributed by atoms with van der Waals surface area (Å²) >= 11 is 11.6. The Kier molecular flexibility index (Phi) is 4.32. The minimum Gasteiger partial charge on any atom is -0.444 e. The fourth-order valence-corrected chi connectivity index (χ4v) is 2.47. The van der Waals surface area contributed by atoms with Crippen LogP contribution in [0.3, 0.4) is 0 Å². The van der Waals surface area contributed by atoms with Gasteiger partial charge >= 0.3 is 0 Å². The number of carbonyl (C=O) groups is 1. The highest BCUT2D eigenvalue weighted by molar-refractivity contribution is 6.37. The van der Waals surface area contributed by atoms with E-state index in [1.165, 1.54) is 12.5 Å². The van der Waals surface area contributed by atoms with Gasteiger partial charge in [-0.2, -0.15) is 0 Å². The molecule has 3 rings (SSSR count). The maximum absolute atomic E-state index is 13.5. The van der Waals surface area contributed by atoms with Crippen molar-refractivity contribution >= 4 is 34.8 Å². The Labute approximate surface area is 140 Å². The van der Waals surface area contributed by atoms with Crippen LogP contribution in [0, 0.1) is 5.82 Å². The first-order valence-electron chi connectivity index (χ1n) is 6.49. The molecule has 23 heavy (non-hydrogen) atoms. The quantitative estimate of drug-likeness (QED) is 0.673. The van der Waals surface area contributed by atoms with Gasteiger partial charge in [-0.15, -0.1) is 0 Å². The Morgan fingerprint density at radius 3 is 2.74 bits per heavy atom. The van der Waals surface area contributed by atoms with E-state index in [4.69, 9.17) is 27.6 Å². The normalized spacial score (nSPS) is 10.6. The molecule has 7 heteroatoms. The van der Waals surface area contributed by atoms with Gasteiger partial charge in [0.15, 0.2) is 12.2 Å². The van der Waals surface area contributed by atoms with Crippen molar-refractivity contribution in [3.63, 3.8) is 0 Å². The van der Waals surface area contributed by atoms with Crippen molar-refractivity contribution in [3.05, 3.63) is 70.4 Å². The zero-order valence-corrected chi connectivity index (χ0v) is 13.0. The summed E-state index contributed by atoms with van der Waals surface area (Å²) in [6.45, 7) is 0. The topological polar surface area (TPSA) is 55.1 Å². The molecular weight excluding hydrogens is 342 g/mol. The lowest BCUT2D eigenvalue weighted by Gasteiger charge is -2.08. The Hall–Kier alpha value is -2.37. The average Bonchev–Trinajstić information content (AvgIpc) is 3.05. The number of hydrogen-bond donors (Lipinski definition) is 1. The molecule has 0 spiro atoms. The molecule has 0 radical (unpaired) electrons. The second kappa shape index (κ2) is 6.40. The molecule has 2 aromatic carbocycles. The van der Waals surface area contributed by atoms with Gasteiger partial charge < -0.3 is 9.73 Å². The first kappa shape index (κ1) is 15.5. The summed E-state index contributed by atoms with van der Waals surface area (Å²) in [7, 11) is 0. The summed E-state index contributed by atoms with van der Waals surface area (Å²) < 4.78 is 18.7. The molecule has 0 fully saturated rings. The van der Waals surface area contributed by atoms with E-state index in [1.807, 2.05) is 6.07 Å². The van der Waals surface area contributed by atoms with E-state index in [9.17, 15) is 9.18 Å². The second-order valence-corrected chi connectivity index (χ2v) is 5.46. The van der Waals surface area contributed by atoms with Gasteiger partial charge in [0.05, 0.1) is 21.8 Å². The highest BCUT2D eigenvalue weighted by Crippen LogP contribution is 2.26. The van der Waals surface area contributed by atoms with Crippen LogP contribution in [0.2, 0.25) is 10.0 Å². The number of hydrogen-bond acceptors (Lipinski definition) is 3. The van der Waals surface area contributed by atoms with E-state index in [0.29, 0.717) is 11.4 Å². The first-order chi connectivity index (χ1) is 11.0. The van der Waals surface area contributed by atoms with Gasteiger partial charge in [0, 0.05) is 11.3 Å². The molecule has 0 unspecified atom stereocenters. The van der Waals surface area contributed by atoms with Crippen LogP contribution in [0.25, 0.3) is 11.3 Å². The zero-order chi connectivity index (χ0) is 16.4. The summed E-state index contributed by atoms with van der Waals surface area (Å²) in [5, 5.41) is 2.58. The molecule has 0 aliphatic heterocycles. The van der Waals surface area contributed by atoms with Crippen molar-refractivity contribution in [3.8, 4) is 11.3 Å². The monoisotopic (exact) mass is 350 g/mol. The minimum absolute atomic E-state index is 0.00126. The second-order valence-electron chi connectivity index (χ2n) is 4.65. The highest BCUT2D eigenvalue weighted by atomic mass is 35.5. The van der Waals surface area contributed by atoms with E-state index in [1.54, 1.807) is 24.4 Å². The summed E-state index contributed by atoms with van der Waals surface area (Å²) in [5.74, 6) is -0.686. The van der Waals surface area contributed by atoms with Gasteiger partial charge in [0.2, 0.25) is 0 Å². The van der Waals surface area contributed by atoms with Gasteiger partial charge in [-0.05, 0) is 24.3 Å². The molecule has 4 nitrogen and oxygen atoms in total. The largest absolute Gasteiger partial charge is 0.444 e. The van der Waals surface area contributed by atoms with Crippen LogP contribution in [-0.2, 0) is 0 Å². The minimum atomic E-state index is -0.711. The van der Waals surface area contributed by atoms with Crippen LogP contribution < -0.4 is 5.32 Å². The fraction of sp³-hybridized carbons (Fsp3) is 0. The average molecular weight is 351 g/mol. The zero-order valence-electron chi connectivity index (χ0n) is 11.5. The number of halogens is 3. The van der Waals surface area contributed by atoms with Crippen molar-refractivity contribution in [1.82, 2.24) is 4.98 Å². The smallest absolute Gasteiger partial charge is 0.257 e. The molecule has 1 amide bonds. The third-order valence-electron chi connectivity index (χ3n) is 3.09. The van der Waals surface area contributed by atoms with E-state index >= 15 is 0 Å². The van der Waals surface area contributed by atoms with Crippen molar-refractivity contribution in [2.75, 3.05) is 5.32 Å². The SMILES string of the molecule is O=C(Nc1cccc(-c2cnco2)c1)c1cc(F)c(Cl)cc1Cl. The van der Waals surface area contributed by atoms with Crippen LogP contribution in [0.15, 0.2) is 53.4 Å². The number of rotatable bonds is 3. The van der Waals surface area contributed by atoms with Crippen LogP contribution in [0.1, 0.15) is 10.4 Å². The van der Waals surface area contributed by atoms with E-state index in [0.717, 1.165) is 11.6 Å². The number of carbonyl (C=O) groups excluding carboxylic acids is 1. The summed E-state index contributed by atoms with van der Waals surface area (Å²) in [4.78, 5) is 16.1. The number of oxazole rings is 1. The maximum Gasteiger partial charge on any atom is 0.257 e. The standard InChI is InChI=1S/C16H9Cl2FN2O2/c17-12-6-13(18)14(19)5-11(12)16(22)21-10-3-1-2-9(4-10)15-7-20-8-23-15/h1-8H,(H,21,22). The van der Waals surface area contributed by atoms with Crippen molar-refractivity contribution in [1.29, 1.82) is 0 Å². The highest BCUT2D eigenvalue weighted by Gasteiger charge is 2.15. The predicted octanol–water partition coefficient (Wildman–Crippen LogP) is 5.04. The molecule has 1 N–H and O–H groups in total. The summed E-state index contributed by atoms with van der Waals surface area (Å²) in [5.41, 5.74) is 1.25. The molecule has 3 aromatic rings. The summed E-state index contributed by atoms with van der Waals surface area (Å²) in [6.07, 6.45) is 2.88. The maximum atomic E-state index is 13.5. The molecule has 0 saturated carbocycles. The van der Waals surface area contributed by atoms with Crippen LogP contribution >= 0.6 is 23.2 Å². The van der Waals surface area contributed by atoms with E-state index in [-0.39, 0.29) is 15.6 Å². The Morgan fingerprint density at radius 2 is 2.00 bits per heavy atom. The van der Waals surface area contributed by atoms with Gasteiger partial charge in [-0.25, -0.2) is 9.37 Å². The van der Waals surface area contributed by atoms with E-state index < -0.39 is 11.7 Å². The van der Waals surface area contributed by atoms with Crippen molar-refractivity contribution in [2.45, 2.75) is 0 Å². The third kappa shape index (κ3) is 3.36. The number of benzene rings is 2. The molecule has 1 heterocycles. The lowest BCUT2D eigenvalue weighted by Crippen LogP contribution is -2.13. The van der Waals surface area contributed by atoms with E-state index in [2.05, 4.69) is 10.3 Å². The van der Waals surface area contributed by atoms with Gasteiger partial charge in [-0.3, -0.25) is 4.79 Å². The lowest BCUT2D eigenvalue weighted by atomic mass is 10.1. The number of nitrogens with zero attached hydrogens (tertiary/aromatic N) is 1. The molecule has 1 aromatic heterocycles. The van der Waals surface area contributed by atoms with Crippen molar-refractivity contribution in [2.24, 2.45) is 0 Å². The molecule has 0 saturated heterocycles.